The third kappa shape index (κ3) is 4.56. The first-order chi connectivity index (χ1) is 11.7. The van der Waals surface area contributed by atoms with E-state index in [-0.39, 0.29) is 17.7 Å². The third-order valence-electron chi connectivity index (χ3n) is 4.29. The van der Waals surface area contributed by atoms with Crippen LogP contribution in [0.3, 0.4) is 0 Å². The Labute approximate surface area is 151 Å². The molecule has 1 N–H and O–H groups in total. The Morgan fingerprint density at radius 2 is 1.92 bits per heavy atom. The number of hydrogen-bond acceptors (Lipinski definition) is 6. The highest BCUT2D eigenvalue weighted by Gasteiger charge is 2.34. The van der Waals surface area contributed by atoms with Crippen LogP contribution in [0.2, 0.25) is 0 Å². The molecule has 2 heterocycles. The number of amides is 1. The number of aliphatic carboxylic acids is 1. The van der Waals surface area contributed by atoms with Crippen LogP contribution in [-0.4, -0.2) is 71.0 Å². The maximum absolute atomic E-state index is 12.8. The molecular weight excluding hydrogens is 366 g/mol. The smallest absolute Gasteiger partial charge is 0.323 e. The number of aryl methyl sites for hydroxylation is 2. The van der Waals surface area contributed by atoms with Crippen LogP contribution in [0.25, 0.3) is 0 Å². The van der Waals surface area contributed by atoms with Crippen molar-refractivity contribution in [2.45, 2.75) is 39.7 Å². The molecular formula is C15H23N3O5S2. The molecule has 0 aliphatic carbocycles. The summed E-state index contributed by atoms with van der Waals surface area (Å²) >= 11 is 1.25. The number of rotatable bonds is 6. The number of carboxylic acid groups (broad SMARTS) is 1. The van der Waals surface area contributed by atoms with Gasteiger partial charge in [0, 0.05) is 19.1 Å². The van der Waals surface area contributed by atoms with Crippen LogP contribution in [0.5, 0.6) is 0 Å². The van der Waals surface area contributed by atoms with Crippen LogP contribution in [0.15, 0.2) is 0 Å². The zero-order valence-electron chi connectivity index (χ0n) is 14.6. The SMILES string of the molecule is CCS(=O)(=O)N1CCC(N(CC(=O)O)C(=O)c2sc(C)nc2C)CC1. The molecule has 2 rings (SSSR count). The molecule has 0 atom stereocenters. The first kappa shape index (κ1) is 19.8. The lowest BCUT2D eigenvalue weighted by atomic mass is 10.0. The number of sulfonamides is 1. The highest BCUT2D eigenvalue weighted by molar-refractivity contribution is 7.89. The Morgan fingerprint density at radius 3 is 2.36 bits per heavy atom. The summed E-state index contributed by atoms with van der Waals surface area (Å²) in [5.41, 5.74) is 0.592. The molecule has 0 aromatic carbocycles. The second-order valence-electron chi connectivity index (χ2n) is 6.00. The average molecular weight is 389 g/mol. The second kappa shape index (κ2) is 7.79. The number of aromatic nitrogens is 1. The second-order valence-corrected chi connectivity index (χ2v) is 9.47. The molecule has 10 heteroatoms. The lowest BCUT2D eigenvalue weighted by Crippen LogP contribution is -2.50. The van der Waals surface area contributed by atoms with Crippen molar-refractivity contribution >= 4 is 33.2 Å². The van der Waals surface area contributed by atoms with Crippen molar-refractivity contribution < 1.29 is 23.1 Å². The van der Waals surface area contributed by atoms with Gasteiger partial charge in [0.1, 0.15) is 11.4 Å². The van der Waals surface area contributed by atoms with E-state index in [1.54, 1.807) is 20.8 Å². The van der Waals surface area contributed by atoms with Crippen molar-refractivity contribution in [3.05, 3.63) is 15.6 Å². The molecule has 0 bridgehead atoms. The number of carbonyl (C=O) groups is 2. The largest absolute Gasteiger partial charge is 0.480 e. The zero-order valence-corrected chi connectivity index (χ0v) is 16.2. The molecule has 1 aliphatic rings. The molecule has 0 saturated carbocycles. The maximum atomic E-state index is 12.8. The summed E-state index contributed by atoms with van der Waals surface area (Å²) in [4.78, 5) is 30.1. The molecule has 140 valence electrons. The Kier molecular flexibility index (Phi) is 6.17. The number of hydrogen-bond donors (Lipinski definition) is 1. The van der Waals surface area contributed by atoms with Crippen molar-refractivity contribution in [2.75, 3.05) is 25.4 Å². The van der Waals surface area contributed by atoms with Gasteiger partial charge in [0.2, 0.25) is 10.0 Å². The van der Waals surface area contributed by atoms with Crippen LogP contribution in [-0.2, 0) is 14.8 Å². The van der Waals surface area contributed by atoms with Crippen molar-refractivity contribution in [3.63, 3.8) is 0 Å². The van der Waals surface area contributed by atoms with Gasteiger partial charge in [-0.05, 0) is 33.6 Å². The first-order valence-electron chi connectivity index (χ1n) is 8.10. The summed E-state index contributed by atoms with van der Waals surface area (Å²) in [7, 11) is -3.26. The molecule has 0 radical (unpaired) electrons. The summed E-state index contributed by atoms with van der Waals surface area (Å²) in [5, 5.41) is 9.94. The van der Waals surface area contributed by atoms with Crippen molar-refractivity contribution in [3.8, 4) is 0 Å². The Balaban J connectivity index is 2.18. The summed E-state index contributed by atoms with van der Waals surface area (Å²) in [6.07, 6.45) is 0.851. The molecule has 0 unspecified atom stereocenters. The summed E-state index contributed by atoms with van der Waals surface area (Å²) < 4.78 is 25.3. The Bertz CT molecular complexity index is 751. The van der Waals surface area contributed by atoms with Gasteiger partial charge < -0.3 is 10.0 Å². The van der Waals surface area contributed by atoms with Crippen LogP contribution in [0, 0.1) is 13.8 Å². The van der Waals surface area contributed by atoms with Crippen molar-refractivity contribution in [1.82, 2.24) is 14.2 Å². The topological polar surface area (TPSA) is 108 Å². The fourth-order valence-electron chi connectivity index (χ4n) is 2.99. The molecule has 25 heavy (non-hydrogen) atoms. The van der Waals surface area contributed by atoms with E-state index in [2.05, 4.69) is 4.98 Å². The van der Waals surface area contributed by atoms with E-state index < -0.39 is 22.5 Å². The lowest BCUT2D eigenvalue weighted by molar-refractivity contribution is -0.138. The van der Waals surface area contributed by atoms with E-state index in [9.17, 15) is 23.1 Å². The maximum Gasteiger partial charge on any atom is 0.323 e. The number of piperidine rings is 1. The molecule has 1 aliphatic heterocycles. The third-order valence-corrected chi connectivity index (χ3v) is 7.23. The summed E-state index contributed by atoms with van der Waals surface area (Å²) in [6, 6.07) is -0.297. The Morgan fingerprint density at radius 1 is 1.32 bits per heavy atom. The minimum absolute atomic E-state index is 0.0365. The number of nitrogens with zero attached hydrogens (tertiary/aromatic N) is 3. The first-order valence-corrected chi connectivity index (χ1v) is 10.5. The Hall–Kier alpha value is -1.52. The molecule has 8 nitrogen and oxygen atoms in total. The molecule has 1 aromatic heterocycles. The van der Waals surface area contributed by atoms with Crippen LogP contribution >= 0.6 is 11.3 Å². The zero-order chi connectivity index (χ0) is 18.8. The van der Waals surface area contributed by atoms with Gasteiger partial charge in [-0.2, -0.15) is 0 Å². The van der Waals surface area contributed by atoms with Crippen molar-refractivity contribution in [2.24, 2.45) is 0 Å². The van der Waals surface area contributed by atoms with Gasteiger partial charge in [-0.25, -0.2) is 17.7 Å². The number of carbonyl (C=O) groups excluding carboxylic acids is 1. The van der Waals surface area contributed by atoms with Gasteiger partial charge in [-0.15, -0.1) is 11.3 Å². The monoisotopic (exact) mass is 389 g/mol. The van der Waals surface area contributed by atoms with Gasteiger partial charge in [-0.3, -0.25) is 9.59 Å². The van der Waals surface area contributed by atoms with Crippen LogP contribution < -0.4 is 0 Å². The minimum Gasteiger partial charge on any atom is -0.480 e. The predicted molar refractivity (Wildman–Crippen MR) is 94.3 cm³/mol. The van der Waals surface area contributed by atoms with E-state index in [0.29, 0.717) is 36.5 Å². The van der Waals surface area contributed by atoms with E-state index in [1.807, 2.05) is 0 Å². The van der Waals surface area contributed by atoms with Gasteiger partial charge >= 0.3 is 5.97 Å². The van der Waals surface area contributed by atoms with Gasteiger partial charge in [0.05, 0.1) is 16.5 Å². The molecule has 1 amide bonds. The fourth-order valence-corrected chi connectivity index (χ4v) is 5.00. The quantitative estimate of drug-likeness (QED) is 0.781. The van der Waals surface area contributed by atoms with Crippen LogP contribution in [0.1, 0.15) is 40.1 Å². The molecule has 1 saturated heterocycles. The molecule has 0 spiro atoms. The molecule has 1 aromatic rings. The summed E-state index contributed by atoms with van der Waals surface area (Å²) in [5.74, 6) is -1.40. The number of carboxylic acids is 1. The van der Waals surface area contributed by atoms with Crippen LogP contribution in [0.4, 0.5) is 0 Å². The van der Waals surface area contributed by atoms with Crippen molar-refractivity contribution in [1.29, 1.82) is 0 Å². The van der Waals surface area contributed by atoms with E-state index in [1.165, 1.54) is 20.5 Å². The molecule has 1 fully saturated rings. The van der Waals surface area contributed by atoms with E-state index >= 15 is 0 Å². The normalized spacial score (nSPS) is 16.8. The van der Waals surface area contributed by atoms with Gasteiger partial charge in [0.15, 0.2) is 0 Å². The highest BCUT2D eigenvalue weighted by Crippen LogP contribution is 2.24. The number of thiazole rings is 1. The van der Waals surface area contributed by atoms with E-state index in [0.717, 1.165) is 5.01 Å². The van der Waals surface area contributed by atoms with E-state index in [4.69, 9.17) is 0 Å². The fraction of sp³-hybridized carbons (Fsp3) is 0.667. The summed E-state index contributed by atoms with van der Waals surface area (Å²) in [6.45, 7) is 5.31. The lowest BCUT2D eigenvalue weighted by Gasteiger charge is -2.37. The van der Waals surface area contributed by atoms with Gasteiger partial charge in [0.25, 0.3) is 5.91 Å². The standard InChI is InChI=1S/C15H23N3O5S2/c1-4-25(22,23)17-7-5-12(6-8-17)18(9-13(19)20)15(21)14-10(2)16-11(3)24-14/h12H,4-9H2,1-3H3,(H,19,20). The van der Waals surface area contributed by atoms with Gasteiger partial charge in [-0.1, -0.05) is 0 Å². The average Bonchev–Trinajstić information content (AvgIpc) is 2.90. The predicted octanol–water partition coefficient (Wildman–Crippen LogP) is 1.10. The minimum atomic E-state index is -3.26. The highest BCUT2D eigenvalue weighted by atomic mass is 32.2.